The van der Waals surface area contributed by atoms with Crippen LogP contribution in [0.4, 0.5) is 22.2 Å². The van der Waals surface area contributed by atoms with Crippen LogP contribution in [0.1, 0.15) is 33.6 Å². The number of rotatable bonds is 6. The average molecular weight is 614 g/mol. The van der Waals surface area contributed by atoms with Crippen molar-refractivity contribution >= 4 is 40.7 Å². The molecule has 3 N–H and O–H groups in total. The van der Waals surface area contributed by atoms with E-state index in [2.05, 4.69) is 15.6 Å². The van der Waals surface area contributed by atoms with Gasteiger partial charge in [0.25, 0.3) is 0 Å². The number of hydrogen-bond donors (Lipinski definition) is 3. The van der Waals surface area contributed by atoms with Gasteiger partial charge in [0.05, 0.1) is 38.2 Å². The Morgan fingerprint density at radius 2 is 1.77 bits per heavy atom. The number of imidazole rings is 1. The number of carboxylic acid groups (broad SMARTS) is 1. The van der Waals surface area contributed by atoms with E-state index in [4.69, 9.17) is 33.7 Å². The summed E-state index contributed by atoms with van der Waals surface area (Å²) in [5.74, 6) is 1.41. The second kappa shape index (κ2) is 13.9. The van der Waals surface area contributed by atoms with Crippen LogP contribution in [0.25, 0.3) is 11.2 Å². The maximum atomic E-state index is 12.5. The summed E-state index contributed by atoms with van der Waals surface area (Å²) < 4.78 is 30.0. The van der Waals surface area contributed by atoms with Crippen LogP contribution >= 0.6 is 0 Å². The number of likely N-dealkylation sites (tertiary alicyclic amines) is 1. The van der Waals surface area contributed by atoms with E-state index >= 15 is 0 Å². The number of anilines is 3. The predicted octanol–water partition coefficient (Wildman–Crippen LogP) is 3.48. The second-order valence-corrected chi connectivity index (χ2v) is 11.5. The highest BCUT2D eigenvalue weighted by atomic mass is 16.6. The van der Waals surface area contributed by atoms with E-state index in [1.54, 1.807) is 37.5 Å². The minimum Gasteiger partial charge on any atom is -0.487 e. The molecule has 1 atom stereocenters. The van der Waals surface area contributed by atoms with Crippen molar-refractivity contribution in [3.63, 3.8) is 0 Å². The molecular weight excluding hydrogens is 574 g/mol. The third kappa shape index (κ3) is 7.96. The number of benzene rings is 1. The number of esters is 1. The number of amides is 1. The fourth-order valence-electron chi connectivity index (χ4n) is 4.69. The zero-order chi connectivity index (χ0) is 31.1. The lowest BCUT2D eigenvalue weighted by atomic mass is 9.98. The number of hydrogen-bond acceptors (Lipinski definition) is 12. The Kier molecular flexibility index (Phi) is 9.85. The number of aromatic nitrogens is 4. The van der Waals surface area contributed by atoms with Crippen LogP contribution < -0.4 is 20.1 Å². The van der Waals surface area contributed by atoms with Gasteiger partial charge >= 0.3 is 12.1 Å². The van der Waals surface area contributed by atoms with Gasteiger partial charge in [0.2, 0.25) is 5.95 Å². The quantitative estimate of drug-likeness (QED) is 0.346. The van der Waals surface area contributed by atoms with Gasteiger partial charge in [-0.15, -0.1) is 0 Å². The molecule has 0 radical (unpaired) electrons. The molecule has 2 aromatic heterocycles. The molecular formula is C29H39N7O8. The monoisotopic (exact) mass is 613 g/mol. The van der Waals surface area contributed by atoms with Crippen molar-refractivity contribution in [2.75, 3.05) is 63.4 Å². The summed E-state index contributed by atoms with van der Waals surface area (Å²) in [5.41, 5.74) is 0.863. The molecule has 5 rings (SSSR count). The molecule has 0 spiro atoms. The largest absolute Gasteiger partial charge is 0.487 e. The first-order chi connectivity index (χ1) is 21.2. The predicted molar refractivity (Wildman–Crippen MR) is 159 cm³/mol. The van der Waals surface area contributed by atoms with E-state index in [-0.39, 0.29) is 24.7 Å². The molecule has 2 aliphatic rings. The third-order valence-corrected chi connectivity index (χ3v) is 6.99. The first-order valence-corrected chi connectivity index (χ1v) is 14.6. The van der Waals surface area contributed by atoms with Crippen molar-refractivity contribution in [3.8, 4) is 11.5 Å². The lowest BCUT2D eigenvalue weighted by molar-refractivity contribution is -0.156. The van der Waals surface area contributed by atoms with Crippen LogP contribution in [0.3, 0.4) is 0 Å². The molecule has 0 saturated carbocycles. The zero-order valence-corrected chi connectivity index (χ0v) is 25.2. The minimum absolute atomic E-state index is 0.0888. The zero-order valence-electron chi connectivity index (χ0n) is 25.2. The van der Waals surface area contributed by atoms with Crippen LogP contribution in [0.2, 0.25) is 0 Å². The van der Waals surface area contributed by atoms with Crippen LogP contribution in [-0.2, 0) is 25.7 Å². The Bertz CT molecular complexity index is 1460. The lowest BCUT2D eigenvalue weighted by Crippen LogP contribution is -2.44. The van der Waals surface area contributed by atoms with Crippen molar-refractivity contribution in [3.05, 3.63) is 24.5 Å². The number of carbonyl (C=O) groups excluding carboxylic acids is 1. The summed E-state index contributed by atoms with van der Waals surface area (Å²) in [5, 5.41) is 16.1. The molecule has 0 bridgehead atoms. The molecule has 0 aliphatic carbocycles. The standard InChI is InChI=1S/C29H39N7O8/c1-29(2,3)26(37)44-18-36-17-30-23-24(31-20-5-4-8-35(16-20)28(38)39)33-27(34-25(23)36)32-19-6-7-21-22(15-19)43-14-12-41-10-9-40-11-13-42-21/h6-7,15,17,20H,4-5,8-14,16,18H2,1-3H3,(H,38,39)(H2,31,32,33,34)/t20-/m1/s1. The van der Waals surface area contributed by atoms with Crippen LogP contribution in [0, 0.1) is 5.41 Å². The van der Waals surface area contributed by atoms with Gasteiger partial charge in [0, 0.05) is 30.9 Å². The first kappa shape index (κ1) is 31.1. The fraction of sp³-hybridized carbons (Fsp3) is 0.552. The summed E-state index contributed by atoms with van der Waals surface area (Å²) >= 11 is 0. The van der Waals surface area contributed by atoms with E-state index in [1.165, 1.54) is 11.2 Å². The number of ether oxygens (including phenoxy) is 5. The molecule has 44 heavy (non-hydrogen) atoms. The molecule has 238 valence electrons. The van der Waals surface area contributed by atoms with Crippen LogP contribution in [0.5, 0.6) is 11.5 Å². The summed E-state index contributed by atoms with van der Waals surface area (Å²) in [7, 11) is 0. The number of piperidine rings is 1. The molecule has 3 aromatic rings. The topological polar surface area (TPSA) is 171 Å². The molecule has 1 saturated heterocycles. The second-order valence-electron chi connectivity index (χ2n) is 11.5. The Morgan fingerprint density at radius 1 is 1.05 bits per heavy atom. The lowest BCUT2D eigenvalue weighted by Gasteiger charge is -2.31. The van der Waals surface area contributed by atoms with Gasteiger partial charge in [0.15, 0.2) is 35.2 Å². The first-order valence-electron chi connectivity index (χ1n) is 14.6. The van der Waals surface area contributed by atoms with Crippen molar-refractivity contribution in [2.24, 2.45) is 5.41 Å². The van der Waals surface area contributed by atoms with E-state index in [9.17, 15) is 14.7 Å². The van der Waals surface area contributed by atoms with E-state index in [0.29, 0.717) is 86.9 Å². The summed E-state index contributed by atoms with van der Waals surface area (Å²) in [6.45, 7) is 8.55. The highest BCUT2D eigenvalue weighted by Crippen LogP contribution is 2.32. The Balaban J connectivity index is 1.43. The molecule has 1 amide bonds. The third-order valence-electron chi connectivity index (χ3n) is 6.99. The van der Waals surface area contributed by atoms with E-state index < -0.39 is 11.5 Å². The molecule has 15 heteroatoms. The summed E-state index contributed by atoms with van der Waals surface area (Å²) in [4.78, 5) is 39.4. The molecule has 1 aromatic carbocycles. The molecule has 4 heterocycles. The van der Waals surface area contributed by atoms with Gasteiger partial charge < -0.3 is 44.3 Å². The summed E-state index contributed by atoms with van der Waals surface area (Å²) in [6.07, 6.45) is 2.06. The van der Waals surface area contributed by atoms with Gasteiger partial charge in [-0.2, -0.15) is 9.97 Å². The highest BCUT2D eigenvalue weighted by molar-refractivity contribution is 5.85. The summed E-state index contributed by atoms with van der Waals surface area (Å²) in [6, 6.07) is 5.22. The van der Waals surface area contributed by atoms with Crippen molar-refractivity contribution in [2.45, 2.75) is 46.4 Å². The van der Waals surface area contributed by atoms with E-state index in [0.717, 1.165) is 12.8 Å². The van der Waals surface area contributed by atoms with E-state index in [1.807, 2.05) is 6.07 Å². The SMILES string of the molecule is CC(C)(C)C(=O)OCn1cnc2c(N[C@@H]3CCCN(C(=O)O)C3)nc(Nc3ccc4c(c3)OCCOCCOCCO4)nc21. The normalized spacial score (nSPS) is 18.2. The molecule has 0 unspecified atom stereocenters. The Hall–Kier alpha value is -4.37. The Labute approximate surface area is 254 Å². The van der Waals surface area contributed by atoms with Crippen molar-refractivity contribution in [1.29, 1.82) is 0 Å². The molecule has 15 nitrogen and oxygen atoms in total. The number of carbonyl (C=O) groups is 2. The van der Waals surface area contributed by atoms with Gasteiger partial charge in [-0.05, 0) is 45.7 Å². The van der Waals surface area contributed by atoms with Crippen LogP contribution in [-0.4, -0.2) is 100 Å². The number of nitrogens with one attached hydrogen (secondary N) is 2. The van der Waals surface area contributed by atoms with Gasteiger partial charge in [-0.25, -0.2) is 9.78 Å². The van der Waals surface area contributed by atoms with Gasteiger partial charge in [-0.3, -0.25) is 9.36 Å². The Morgan fingerprint density at radius 3 is 2.50 bits per heavy atom. The highest BCUT2D eigenvalue weighted by Gasteiger charge is 2.26. The van der Waals surface area contributed by atoms with Gasteiger partial charge in [0.1, 0.15) is 13.2 Å². The maximum Gasteiger partial charge on any atom is 0.407 e. The minimum atomic E-state index is -0.960. The fourth-order valence-corrected chi connectivity index (χ4v) is 4.69. The molecule has 2 aliphatic heterocycles. The molecule has 1 fully saturated rings. The average Bonchev–Trinajstić information content (AvgIpc) is 3.39. The van der Waals surface area contributed by atoms with Crippen molar-refractivity contribution < 1.29 is 38.4 Å². The van der Waals surface area contributed by atoms with Gasteiger partial charge in [-0.1, -0.05) is 0 Å². The number of nitrogens with zero attached hydrogens (tertiary/aromatic N) is 5. The smallest absolute Gasteiger partial charge is 0.407 e. The van der Waals surface area contributed by atoms with Crippen molar-refractivity contribution in [1.82, 2.24) is 24.4 Å². The number of fused-ring (bicyclic) bond motifs is 2. The maximum absolute atomic E-state index is 12.5. The van der Waals surface area contributed by atoms with Crippen LogP contribution in [0.15, 0.2) is 24.5 Å².